The van der Waals surface area contributed by atoms with E-state index in [1.54, 1.807) is 25.3 Å². The second-order valence-electron chi connectivity index (χ2n) is 7.82. The highest BCUT2D eigenvalue weighted by molar-refractivity contribution is 6.30. The van der Waals surface area contributed by atoms with Gasteiger partial charge in [0.15, 0.2) is 18.0 Å². The van der Waals surface area contributed by atoms with Gasteiger partial charge in [0.05, 0.1) is 25.5 Å². The van der Waals surface area contributed by atoms with Gasteiger partial charge in [-0.2, -0.15) is 0 Å². The van der Waals surface area contributed by atoms with Crippen molar-refractivity contribution in [1.29, 1.82) is 0 Å². The minimum absolute atomic E-state index is 0.00783. The number of aryl methyl sites for hydroxylation is 1. The molecule has 1 aromatic heterocycles. The fourth-order valence-electron chi connectivity index (χ4n) is 4.29. The van der Waals surface area contributed by atoms with Gasteiger partial charge in [0.2, 0.25) is 0 Å². The maximum Gasteiger partial charge on any atom is 0.514 e. The van der Waals surface area contributed by atoms with Crippen LogP contribution in [0.15, 0.2) is 30.5 Å². The fraction of sp³-hybridized carbons (Fsp3) is 0.429. The third-order valence-electron chi connectivity index (χ3n) is 5.82. The van der Waals surface area contributed by atoms with Crippen LogP contribution in [-0.4, -0.2) is 53.9 Å². The molecule has 0 saturated carbocycles. The molecule has 0 amide bonds. The van der Waals surface area contributed by atoms with Crippen molar-refractivity contribution < 1.29 is 38.4 Å². The first-order valence-electron chi connectivity index (χ1n) is 10.2. The number of carbonyl (C=O) groups excluding carboxylic acids is 1. The number of fused-ring (bicyclic) bond motifs is 2. The Morgan fingerprint density at radius 3 is 2.58 bits per heavy atom. The van der Waals surface area contributed by atoms with Gasteiger partial charge < -0.3 is 28.5 Å². The van der Waals surface area contributed by atoms with Crippen molar-refractivity contribution in [2.45, 2.75) is 44.1 Å². The average Bonchev–Trinajstić information content (AvgIpc) is 3.48. The molecule has 0 aliphatic carbocycles. The average molecular weight is 479 g/mol. The number of halogens is 1. The number of aromatic nitrogens is 1. The van der Waals surface area contributed by atoms with E-state index in [9.17, 15) is 14.9 Å². The molecule has 2 saturated heterocycles. The molecule has 0 bridgehead atoms. The highest BCUT2D eigenvalue weighted by Gasteiger charge is 2.51. The molecule has 0 N–H and O–H groups in total. The van der Waals surface area contributed by atoms with Crippen LogP contribution in [0, 0.1) is 17.0 Å². The maximum absolute atomic E-state index is 12.6. The number of benzene rings is 1. The molecule has 0 spiro atoms. The Hall–Kier alpha value is -2.99. The molecule has 2 aromatic rings. The molecule has 3 aliphatic heterocycles. The molecule has 11 nitrogen and oxygen atoms in total. The van der Waals surface area contributed by atoms with Crippen molar-refractivity contribution in [3.8, 4) is 5.75 Å². The molecular formula is C21H19ClN2O9. The predicted molar refractivity (Wildman–Crippen MR) is 109 cm³/mol. The summed E-state index contributed by atoms with van der Waals surface area (Å²) < 4.78 is 27.8. The van der Waals surface area contributed by atoms with E-state index in [1.807, 2.05) is 12.1 Å². The topological polar surface area (TPSA) is 128 Å². The lowest BCUT2D eigenvalue weighted by Gasteiger charge is -2.17. The third kappa shape index (κ3) is 4.20. The molecular weight excluding hydrogens is 460 g/mol. The Morgan fingerprint density at radius 2 is 1.85 bits per heavy atom. The first-order chi connectivity index (χ1) is 15.9. The van der Waals surface area contributed by atoms with Gasteiger partial charge in [0.1, 0.15) is 18.3 Å². The zero-order valence-electron chi connectivity index (χ0n) is 17.3. The van der Waals surface area contributed by atoms with Crippen LogP contribution >= 0.6 is 11.6 Å². The lowest BCUT2D eigenvalue weighted by molar-refractivity contribution is -0.769. The zero-order valence-corrected chi connectivity index (χ0v) is 18.1. The quantitative estimate of drug-likeness (QED) is 0.359. The lowest BCUT2D eigenvalue weighted by Crippen LogP contribution is -2.36. The van der Waals surface area contributed by atoms with Crippen LogP contribution in [0.1, 0.15) is 28.5 Å². The SMILES string of the molecule is Cc1ncc2c(c1OC(=O)O[C@H]1CO[C@H]3[C@@H]1OC[C@@H]3O[N+](=O)[O-])CO[C@H]2c1ccc(Cl)cc1. The van der Waals surface area contributed by atoms with Crippen molar-refractivity contribution >= 4 is 17.8 Å². The van der Waals surface area contributed by atoms with Gasteiger partial charge in [-0.3, -0.25) is 4.98 Å². The highest BCUT2D eigenvalue weighted by Crippen LogP contribution is 2.41. The van der Waals surface area contributed by atoms with Crippen LogP contribution in [0.2, 0.25) is 5.02 Å². The monoisotopic (exact) mass is 478 g/mol. The molecule has 5 rings (SSSR count). The molecule has 33 heavy (non-hydrogen) atoms. The summed E-state index contributed by atoms with van der Waals surface area (Å²) in [6, 6.07) is 7.28. The Labute approximate surface area is 192 Å². The molecule has 2 fully saturated rings. The summed E-state index contributed by atoms with van der Waals surface area (Å²) in [6.45, 7) is 1.92. The number of hydrogen-bond acceptors (Lipinski definition) is 10. The predicted octanol–water partition coefficient (Wildman–Crippen LogP) is 2.92. The Kier molecular flexibility index (Phi) is 5.79. The molecule has 0 radical (unpaired) electrons. The van der Waals surface area contributed by atoms with E-state index in [-0.39, 0.29) is 31.7 Å². The van der Waals surface area contributed by atoms with Crippen molar-refractivity contribution in [2.75, 3.05) is 13.2 Å². The summed E-state index contributed by atoms with van der Waals surface area (Å²) in [4.78, 5) is 32.1. The lowest BCUT2D eigenvalue weighted by atomic mass is 10.0. The van der Waals surface area contributed by atoms with E-state index in [1.165, 1.54) is 0 Å². The number of hydrogen-bond donors (Lipinski definition) is 0. The van der Waals surface area contributed by atoms with Gasteiger partial charge >= 0.3 is 6.16 Å². The van der Waals surface area contributed by atoms with Crippen LogP contribution in [0.25, 0.3) is 0 Å². The van der Waals surface area contributed by atoms with Crippen molar-refractivity contribution in [3.63, 3.8) is 0 Å². The first-order valence-corrected chi connectivity index (χ1v) is 10.6. The summed E-state index contributed by atoms with van der Waals surface area (Å²) in [5.74, 6) is 0.270. The van der Waals surface area contributed by atoms with Gasteiger partial charge in [0, 0.05) is 22.3 Å². The van der Waals surface area contributed by atoms with Crippen molar-refractivity contribution in [2.24, 2.45) is 0 Å². The highest BCUT2D eigenvalue weighted by atomic mass is 35.5. The largest absolute Gasteiger partial charge is 0.514 e. The van der Waals surface area contributed by atoms with Gasteiger partial charge in [0.25, 0.3) is 5.09 Å². The summed E-state index contributed by atoms with van der Waals surface area (Å²) in [5, 5.41) is 10.3. The van der Waals surface area contributed by atoms with Gasteiger partial charge in [-0.15, -0.1) is 10.1 Å². The Morgan fingerprint density at radius 1 is 1.15 bits per heavy atom. The second-order valence-corrected chi connectivity index (χ2v) is 8.26. The zero-order chi connectivity index (χ0) is 23.1. The van der Waals surface area contributed by atoms with Gasteiger partial charge in [-0.1, -0.05) is 23.7 Å². The van der Waals surface area contributed by atoms with Crippen molar-refractivity contribution in [1.82, 2.24) is 4.98 Å². The molecule has 3 aliphatic rings. The number of rotatable bonds is 5. The molecule has 5 atom stereocenters. The molecule has 4 heterocycles. The van der Waals surface area contributed by atoms with E-state index >= 15 is 0 Å². The normalized spacial score (nSPS) is 27.6. The molecule has 1 aromatic carbocycles. The summed E-state index contributed by atoms with van der Waals surface area (Å²) in [7, 11) is 0. The van der Waals surface area contributed by atoms with Crippen LogP contribution in [0.4, 0.5) is 4.79 Å². The van der Waals surface area contributed by atoms with Crippen LogP contribution in [0.5, 0.6) is 5.75 Å². The Balaban J connectivity index is 1.28. The standard InChI is InChI=1S/C21H19ClN2O9/c1-10-17(14-7-28-18(13(14)6-23-10)11-2-4-12(22)5-3-11)32-21(25)31-15-8-29-20-16(33-24(26)27)9-30-19(15)20/h2-6,15-16,18-20H,7-9H2,1H3/t15-,16-,18-,19+,20+/m0/s1. The molecule has 12 heteroatoms. The smallest absolute Gasteiger partial charge is 0.425 e. The fourth-order valence-corrected chi connectivity index (χ4v) is 4.42. The van der Waals surface area contributed by atoms with E-state index in [0.29, 0.717) is 16.3 Å². The molecule has 0 unspecified atom stereocenters. The number of pyridine rings is 1. The van der Waals surface area contributed by atoms with E-state index in [0.717, 1.165) is 11.1 Å². The minimum atomic E-state index is -0.959. The van der Waals surface area contributed by atoms with Crippen LogP contribution in [-0.2, 0) is 30.4 Å². The number of ether oxygens (including phenoxy) is 5. The first kappa shape index (κ1) is 21.8. The maximum atomic E-state index is 12.6. The minimum Gasteiger partial charge on any atom is -0.425 e. The van der Waals surface area contributed by atoms with Crippen molar-refractivity contribution in [3.05, 3.63) is 68.0 Å². The second kappa shape index (κ2) is 8.75. The van der Waals surface area contributed by atoms with Gasteiger partial charge in [-0.05, 0) is 24.6 Å². The molecule has 174 valence electrons. The number of carbonyl (C=O) groups is 1. The Bertz CT molecular complexity index is 1080. The number of nitrogens with zero attached hydrogens (tertiary/aromatic N) is 2. The van der Waals surface area contributed by atoms with Crippen LogP contribution in [0.3, 0.4) is 0 Å². The van der Waals surface area contributed by atoms with Crippen LogP contribution < -0.4 is 4.74 Å². The third-order valence-corrected chi connectivity index (χ3v) is 6.07. The van der Waals surface area contributed by atoms with Gasteiger partial charge in [-0.25, -0.2) is 4.79 Å². The van der Waals surface area contributed by atoms with E-state index < -0.39 is 35.7 Å². The van der Waals surface area contributed by atoms with E-state index in [4.69, 9.17) is 35.3 Å². The summed E-state index contributed by atoms with van der Waals surface area (Å²) >= 11 is 5.98. The summed E-state index contributed by atoms with van der Waals surface area (Å²) in [5.41, 5.74) is 2.89. The summed E-state index contributed by atoms with van der Waals surface area (Å²) in [6.07, 6.45) is -2.66. The van der Waals surface area contributed by atoms with E-state index in [2.05, 4.69) is 9.82 Å².